The highest BCUT2D eigenvalue weighted by Gasteiger charge is 2.14. The summed E-state index contributed by atoms with van der Waals surface area (Å²) in [7, 11) is 0. The van der Waals surface area contributed by atoms with E-state index >= 15 is 0 Å². The van der Waals surface area contributed by atoms with Crippen LogP contribution in [0.25, 0.3) is 0 Å². The van der Waals surface area contributed by atoms with E-state index in [2.05, 4.69) is 5.48 Å². The fourth-order valence-corrected chi connectivity index (χ4v) is 1.00. The SMILES string of the molecule is CC(C(=O)O)=C(C)C(=O)ONc1ccccc1. The number of carboxylic acids is 1. The fourth-order valence-electron chi connectivity index (χ4n) is 1.00. The van der Waals surface area contributed by atoms with E-state index in [0.717, 1.165) is 0 Å². The summed E-state index contributed by atoms with van der Waals surface area (Å²) in [5, 5.41) is 8.70. The minimum atomic E-state index is -1.14. The molecule has 0 amide bonds. The number of hydrogen-bond acceptors (Lipinski definition) is 4. The van der Waals surface area contributed by atoms with Gasteiger partial charge in [0, 0.05) is 11.1 Å². The molecule has 0 atom stereocenters. The molecule has 5 nitrogen and oxygen atoms in total. The minimum Gasteiger partial charge on any atom is -0.478 e. The van der Waals surface area contributed by atoms with E-state index in [0.29, 0.717) is 5.69 Å². The molecule has 0 saturated heterocycles. The molecule has 0 aliphatic carbocycles. The molecular formula is C12H13NO4. The summed E-state index contributed by atoms with van der Waals surface area (Å²) in [6.45, 7) is 2.75. The molecule has 0 fully saturated rings. The molecule has 0 aromatic heterocycles. The molecule has 0 spiro atoms. The molecule has 0 saturated carbocycles. The third-order valence-corrected chi connectivity index (χ3v) is 2.22. The number of hydrogen-bond donors (Lipinski definition) is 2. The van der Waals surface area contributed by atoms with Crippen LogP contribution in [0.5, 0.6) is 0 Å². The second-order valence-electron chi connectivity index (χ2n) is 3.41. The first-order valence-electron chi connectivity index (χ1n) is 4.95. The van der Waals surface area contributed by atoms with Gasteiger partial charge in [-0.2, -0.15) is 0 Å². The van der Waals surface area contributed by atoms with Crippen LogP contribution >= 0.6 is 0 Å². The number of carbonyl (C=O) groups excluding carboxylic acids is 1. The topological polar surface area (TPSA) is 75.6 Å². The summed E-state index contributed by atoms with van der Waals surface area (Å²) in [6.07, 6.45) is 0. The Morgan fingerprint density at radius 2 is 1.71 bits per heavy atom. The first-order chi connectivity index (χ1) is 8.02. The Bertz CT molecular complexity index is 451. The van der Waals surface area contributed by atoms with Crippen LogP contribution < -0.4 is 5.48 Å². The molecule has 0 radical (unpaired) electrons. The zero-order valence-electron chi connectivity index (χ0n) is 9.56. The van der Waals surface area contributed by atoms with Gasteiger partial charge in [0.2, 0.25) is 0 Å². The highest BCUT2D eigenvalue weighted by Crippen LogP contribution is 2.08. The molecule has 0 heterocycles. The maximum absolute atomic E-state index is 11.5. The molecule has 0 bridgehead atoms. The lowest BCUT2D eigenvalue weighted by Crippen LogP contribution is -2.14. The van der Waals surface area contributed by atoms with Gasteiger partial charge in [-0.05, 0) is 26.0 Å². The Morgan fingerprint density at radius 3 is 2.24 bits per heavy atom. The van der Waals surface area contributed by atoms with Crippen molar-refractivity contribution in [2.45, 2.75) is 13.8 Å². The monoisotopic (exact) mass is 235 g/mol. The maximum Gasteiger partial charge on any atom is 0.359 e. The van der Waals surface area contributed by atoms with Crippen LogP contribution in [-0.2, 0) is 14.4 Å². The van der Waals surface area contributed by atoms with Gasteiger partial charge in [0.05, 0.1) is 5.69 Å². The quantitative estimate of drug-likeness (QED) is 0.616. The third-order valence-electron chi connectivity index (χ3n) is 2.22. The average molecular weight is 235 g/mol. The lowest BCUT2D eigenvalue weighted by molar-refractivity contribution is -0.138. The van der Waals surface area contributed by atoms with Crippen molar-refractivity contribution in [3.05, 3.63) is 41.5 Å². The van der Waals surface area contributed by atoms with Gasteiger partial charge >= 0.3 is 11.9 Å². The van der Waals surface area contributed by atoms with Crippen molar-refractivity contribution in [3.8, 4) is 0 Å². The van der Waals surface area contributed by atoms with E-state index in [1.54, 1.807) is 24.3 Å². The zero-order valence-corrected chi connectivity index (χ0v) is 9.56. The molecule has 0 aliphatic rings. The molecule has 17 heavy (non-hydrogen) atoms. The number of para-hydroxylation sites is 1. The highest BCUT2D eigenvalue weighted by atomic mass is 16.7. The van der Waals surface area contributed by atoms with Gasteiger partial charge in [-0.25, -0.2) is 15.1 Å². The number of rotatable bonds is 4. The Morgan fingerprint density at radius 1 is 1.12 bits per heavy atom. The van der Waals surface area contributed by atoms with Gasteiger partial charge < -0.3 is 9.94 Å². The second-order valence-corrected chi connectivity index (χ2v) is 3.41. The number of nitrogens with one attached hydrogen (secondary N) is 1. The van der Waals surface area contributed by atoms with Gasteiger partial charge in [-0.3, -0.25) is 0 Å². The molecule has 1 rings (SSSR count). The van der Waals surface area contributed by atoms with Crippen LogP contribution in [0.4, 0.5) is 5.69 Å². The maximum atomic E-state index is 11.5. The van der Waals surface area contributed by atoms with Gasteiger partial charge in [0.25, 0.3) is 0 Å². The highest BCUT2D eigenvalue weighted by molar-refractivity contribution is 5.98. The van der Waals surface area contributed by atoms with Crippen molar-refractivity contribution in [2.24, 2.45) is 0 Å². The van der Waals surface area contributed by atoms with Crippen molar-refractivity contribution < 1.29 is 19.5 Å². The third kappa shape index (κ3) is 3.64. The van der Waals surface area contributed by atoms with Crippen molar-refractivity contribution in [3.63, 3.8) is 0 Å². The lowest BCUT2D eigenvalue weighted by Gasteiger charge is -2.07. The number of benzene rings is 1. The summed E-state index contributed by atoms with van der Waals surface area (Å²) in [5.41, 5.74) is 3.07. The predicted molar refractivity (Wildman–Crippen MR) is 62.2 cm³/mol. The Labute approximate surface area is 98.7 Å². The normalized spacial score (nSPS) is 11.4. The Kier molecular flexibility index (Phi) is 4.28. The van der Waals surface area contributed by atoms with E-state index in [1.807, 2.05) is 6.07 Å². The molecule has 0 aliphatic heterocycles. The first-order valence-corrected chi connectivity index (χ1v) is 4.95. The van der Waals surface area contributed by atoms with Crippen molar-refractivity contribution >= 4 is 17.6 Å². The molecule has 1 aromatic carbocycles. The van der Waals surface area contributed by atoms with E-state index in [4.69, 9.17) is 9.94 Å². The summed E-state index contributed by atoms with van der Waals surface area (Å²) in [5.74, 6) is -1.85. The average Bonchev–Trinajstić information content (AvgIpc) is 2.35. The van der Waals surface area contributed by atoms with Gasteiger partial charge in [0.15, 0.2) is 0 Å². The summed E-state index contributed by atoms with van der Waals surface area (Å²) in [4.78, 5) is 26.8. The van der Waals surface area contributed by atoms with Crippen LogP contribution in [0.2, 0.25) is 0 Å². The predicted octanol–water partition coefficient (Wildman–Crippen LogP) is 1.98. The first kappa shape index (κ1) is 12.8. The van der Waals surface area contributed by atoms with E-state index in [-0.39, 0.29) is 11.1 Å². The Balaban J connectivity index is 2.62. The number of carbonyl (C=O) groups is 2. The van der Waals surface area contributed by atoms with Gasteiger partial charge in [-0.15, -0.1) is 0 Å². The summed E-state index contributed by atoms with van der Waals surface area (Å²) >= 11 is 0. The fraction of sp³-hybridized carbons (Fsp3) is 0.167. The van der Waals surface area contributed by atoms with Crippen LogP contribution in [0.3, 0.4) is 0 Å². The summed E-state index contributed by atoms with van der Waals surface area (Å²) < 4.78 is 0. The second kappa shape index (κ2) is 5.69. The molecular weight excluding hydrogens is 222 g/mol. The standard InChI is InChI=1S/C12H13NO4/c1-8(11(14)15)9(2)12(16)17-13-10-6-4-3-5-7-10/h3-7,13H,1-2H3,(H,14,15). The minimum absolute atomic E-state index is 0.0372. The van der Waals surface area contributed by atoms with Crippen molar-refractivity contribution in [1.29, 1.82) is 0 Å². The largest absolute Gasteiger partial charge is 0.478 e. The van der Waals surface area contributed by atoms with Gasteiger partial charge in [0.1, 0.15) is 0 Å². The molecule has 1 aromatic rings. The smallest absolute Gasteiger partial charge is 0.359 e. The van der Waals surface area contributed by atoms with Crippen LogP contribution in [0, 0.1) is 0 Å². The van der Waals surface area contributed by atoms with Crippen molar-refractivity contribution in [2.75, 3.05) is 5.48 Å². The van der Waals surface area contributed by atoms with Crippen molar-refractivity contribution in [1.82, 2.24) is 0 Å². The van der Waals surface area contributed by atoms with E-state index < -0.39 is 11.9 Å². The molecule has 2 N–H and O–H groups in total. The van der Waals surface area contributed by atoms with Crippen LogP contribution in [0.15, 0.2) is 41.5 Å². The number of aliphatic carboxylic acids is 1. The molecule has 5 heteroatoms. The number of carboxylic acid groups (broad SMARTS) is 1. The van der Waals surface area contributed by atoms with E-state index in [1.165, 1.54) is 13.8 Å². The Hall–Kier alpha value is -2.30. The van der Waals surface area contributed by atoms with Gasteiger partial charge in [-0.1, -0.05) is 18.2 Å². The molecule has 0 unspecified atom stereocenters. The molecule has 90 valence electrons. The zero-order chi connectivity index (χ0) is 12.8. The lowest BCUT2D eigenvalue weighted by atomic mass is 10.1. The van der Waals surface area contributed by atoms with Crippen LogP contribution in [0.1, 0.15) is 13.8 Å². The summed E-state index contributed by atoms with van der Waals surface area (Å²) in [6, 6.07) is 8.82. The van der Waals surface area contributed by atoms with Crippen LogP contribution in [-0.4, -0.2) is 17.0 Å². The van der Waals surface area contributed by atoms with E-state index in [9.17, 15) is 9.59 Å². The number of anilines is 1.